The lowest BCUT2D eigenvalue weighted by atomic mass is 9.95. The fraction of sp³-hybridized carbons (Fsp3) is 0.375. The first kappa shape index (κ1) is 12.2. The van der Waals surface area contributed by atoms with Crippen LogP contribution >= 0.6 is 0 Å². The van der Waals surface area contributed by atoms with Gasteiger partial charge in [0.25, 0.3) is 0 Å². The van der Waals surface area contributed by atoms with Gasteiger partial charge in [-0.1, -0.05) is 18.2 Å². The highest BCUT2D eigenvalue weighted by Crippen LogP contribution is 2.43. The molecular formula is C16H20N2O. The number of benzene rings is 1. The van der Waals surface area contributed by atoms with Crippen LogP contribution in [0.5, 0.6) is 5.75 Å². The molecule has 2 aromatic rings. The highest BCUT2D eigenvalue weighted by atomic mass is 16.5. The zero-order valence-corrected chi connectivity index (χ0v) is 11.9. The first-order chi connectivity index (χ1) is 8.99. The summed E-state index contributed by atoms with van der Waals surface area (Å²) in [6.45, 7) is 8.46. The Kier molecular flexibility index (Phi) is 2.59. The van der Waals surface area contributed by atoms with Crippen molar-refractivity contribution in [1.82, 2.24) is 4.68 Å². The normalized spacial score (nSPS) is 19.9. The summed E-state index contributed by atoms with van der Waals surface area (Å²) in [5.41, 5.74) is 6.97. The van der Waals surface area contributed by atoms with E-state index in [1.165, 1.54) is 17.0 Å². The molecule has 0 aliphatic carbocycles. The van der Waals surface area contributed by atoms with E-state index in [0.717, 1.165) is 5.75 Å². The molecule has 3 nitrogen and oxygen atoms in total. The third-order valence-corrected chi connectivity index (χ3v) is 3.83. The number of nitrogens with one attached hydrogen (secondary N) is 1. The van der Waals surface area contributed by atoms with E-state index < -0.39 is 0 Å². The van der Waals surface area contributed by atoms with Gasteiger partial charge in [0.15, 0.2) is 0 Å². The number of ether oxygens (including phenoxy) is 1. The molecule has 1 aliphatic heterocycles. The molecule has 1 aromatic carbocycles. The number of fused-ring (bicyclic) bond motifs is 1. The zero-order valence-electron chi connectivity index (χ0n) is 11.9. The van der Waals surface area contributed by atoms with Gasteiger partial charge >= 0.3 is 0 Å². The molecule has 0 fully saturated rings. The van der Waals surface area contributed by atoms with Gasteiger partial charge in [-0.25, -0.2) is 0 Å². The fourth-order valence-corrected chi connectivity index (χ4v) is 2.75. The van der Waals surface area contributed by atoms with Crippen LogP contribution < -0.4 is 10.2 Å². The minimum Gasteiger partial charge on any atom is -0.485 e. The molecule has 0 saturated heterocycles. The lowest BCUT2D eigenvalue weighted by Gasteiger charge is -2.29. The standard InChI is InChI=1S/C16H20N2O/c1-11-9-10-12(2)18(11)17-15-13-7-5-6-8-14(13)19-16(15,3)4/h5-10,15,17H,1-4H3. The molecule has 1 atom stereocenters. The minimum absolute atomic E-state index is 0.147. The van der Waals surface area contributed by atoms with Crippen LogP contribution in [0.1, 0.15) is 36.8 Å². The predicted octanol–water partition coefficient (Wildman–Crippen LogP) is 3.56. The first-order valence-electron chi connectivity index (χ1n) is 6.68. The van der Waals surface area contributed by atoms with Crippen molar-refractivity contribution < 1.29 is 4.74 Å². The largest absolute Gasteiger partial charge is 0.485 e. The summed E-state index contributed by atoms with van der Waals surface area (Å²) in [7, 11) is 0. The molecule has 100 valence electrons. The van der Waals surface area contributed by atoms with Gasteiger partial charge in [0.2, 0.25) is 0 Å². The SMILES string of the molecule is Cc1ccc(C)n1NC1c2ccccc2OC1(C)C. The summed E-state index contributed by atoms with van der Waals surface area (Å²) < 4.78 is 8.20. The van der Waals surface area contributed by atoms with Crippen LogP contribution in [0.15, 0.2) is 36.4 Å². The number of aromatic nitrogens is 1. The summed E-state index contributed by atoms with van der Waals surface area (Å²) in [5.74, 6) is 0.979. The van der Waals surface area contributed by atoms with Gasteiger partial charge in [-0.15, -0.1) is 0 Å². The molecule has 1 aliphatic rings. The van der Waals surface area contributed by atoms with Crippen LogP contribution in [0, 0.1) is 13.8 Å². The smallest absolute Gasteiger partial charge is 0.129 e. The molecule has 1 N–H and O–H groups in total. The molecule has 1 unspecified atom stereocenters. The van der Waals surface area contributed by atoms with Crippen molar-refractivity contribution in [3.05, 3.63) is 53.3 Å². The molecule has 0 spiro atoms. The molecule has 0 amide bonds. The van der Waals surface area contributed by atoms with Crippen LogP contribution in [0.4, 0.5) is 0 Å². The Balaban J connectivity index is 2.00. The second kappa shape index (κ2) is 4.05. The summed E-state index contributed by atoms with van der Waals surface area (Å²) in [4.78, 5) is 0. The molecule has 0 saturated carbocycles. The Labute approximate surface area is 114 Å². The summed E-state index contributed by atoms with van der Waals surface area (Å²) in [6.07, 6.45) is 0. The molecule has 0 radical (unpaired) electrons. The van der Waals surface area contributed by atoms with Crippen LogP contribution in [0.3, 0.4) is 0 Å². The predicted molar refractivity (Wildman–Crippen MR) is 77.2 cm³/mol. The second-order valence-corrected chi connectivity index (χ2v) is 5.76. The maximum Gasteiger partial charge on any atom is 0.129 e. The average Bonchev–Trinajstić information content (AvgIpc) is 2.80. The van der Waals surface area contributed by atoms with Crippen molar-refractivity contribution in [2.24, 2.45) is 0 Å². The minimum atomic E-state index is -0.257. The quantitative estimate of drug-likeness (QED) is 0.889. The van der Waals surface area contributed by atoms with Crippen molar-refractivity contribution in [2.45, 2.75) is 39.3 Å². The van der Waals surface area contributed by atoms with Crippen LogP contribution in [-0.4, -0.2) is 10.3 Å². The van der Waals surface area contributed by atoms with Gasteiger partial charge in [0.1, 0.15) is 17.4 Å². The Morgan fingerprint density at radius 2 is 1.68 bits per heavy atom. The molecule has 1 aromatic heterocycles. The Bertz CT molecular complexity index is 593. The molecule has 3 rings (SSSR count). The van der Waals surface area contributed by atoms with Crippen molar-refractivity contribution in [3.8, 4) is 5.75 Å². The highest BCUT2D eigenvalue weighted by molar-refractivity contribution is 5.43. The lowest BCUT2D eigenvalue weighted by Crippen LogP contribution is -2.38. The van der Waals surface area contributed by atoms with Gasteiger partial charge in [-0.05, 0) is 45.9 Å². The van der Waals surface area contributed by atoms with E-state index in [2.05, 4.69) is 62.1 Å². The van der Waals surface area contributed by atoms with Crippen molar-refractivity contribution in [1.29, 1.82) is 0 Å². The van der Waals surface area contributed by atoms with Gasteiger partial charge in [0.05, 0.1) is 0 Å². The highest BCUT2D eigenvalue weighted by Gasteiger charge is 2.41. The molecule has 19 heavy (non-hydrogen) atoms. The van der Waals surface area contributed by atoms with E-state index in [-0.39, 0.29) is 11.6 Å². The van der Waals surface area contributed by atoms with E-state index in [0.29, 0.717) is 0 Å². The third kappa shape index (κ3) is 1.89. The first-order valence-corrected chi connectivity index (χ1v) is 6.68. The van der Waals surface area contributed by atoms with Gasteiger partial charge in [-0.2, -0.15) is 0 Å². The van der Waals surface area contributed by atoms with E-state index in [4.69, 9.17) is 4.74 Å². The van der Waals surface area contributed by atoms with Gasteiger partial charge in [0, 0.05) is 17.0 Å². The summed E-state index contributed by atoms with van der Waals surface area (Å²) in [5, 5.41) is 0. The van der Waals surface area contributed by atoms with Crippen LogP contribution in [0.2, 0.25) is 0 Å². The summed E-state index contributed by atoms with van der Waals surface area (Å²) >= 11 is 0. The second-order valence-electron chi connectivity index (χ2n) is 5.76. The number of hydrogen-bond donors (Lipinski definition) is 1. The maximum atomic E-state index is 6.06. The van der Waals surface area contributed by atoms with E-state index in [9.17, 15) is 0 Å². The third-order valence-electron chi connectivity index (χ3n) is 3.83. The van der Waals surface area contributed by atoms with E-state index >= 15 is 0 Å². The Morgan fingerprint density at radius 1 is 1.05 bits per heavy atom. The number of aryl methyl sites for hydroxylation is 2. The number of rotatable bonds is 2. The molecule has 3 heteroatoms. The van der Waals surface area contributed by atoms with Crippen molar-refractivity contribution >= 4 is 0 Å². The molecule has 2 heterocycles. The van der Waals surface area contributed by atoms with Gasteiger partial charge in [-0.3, -0.25) is 4.68 Å². The Hall–Kier alpha value is -1.90. The zero-order chi connectivity index (χ0) is 13.6. The van der Waals surface area contributed by atoms with E-state index in [1.54, 1.807) is 0 Å². The Morgan fingerprint density at radius 3 is 2.37 bits per heavy atom. The van der Waals surface area contributed by atoms with Crippen LogP contribution in [-0.2, 0) is 0 Å². The number of para-hydroxylation sites is 1. The maximum absolute atomic E-state index is 6.06. The number of nitrogens with zero attached hydrogens (tertiary/aromatic N) is 1. The van der Waals surface area contributed by atoms with Crippen LogP contribution in [0.25, 0.3) is 0 Å². The summed E-state index contributed by atoms with van der Waals surface area (Å²) in [6, 6.07) is 12.6. The molecule has 0 bridgehead atoms. The monoisotopic (exact) mass is 256 g/mol. The molecular weight excluding hydrogens is 236 g/mol. The average molecular weight is 256 g/mol. The van der Waals surface area contributed by atoms with E-state index in [1.807, 2.05) is 12.1 Å². The fourth-order valence-electron chi connectivity index (χ4n) is 2.75. The van der Waals surface area contributed by atoms with Crippen molar-refractivity contribution in [3.63, 3.8) is 0 Å². The lowest BCUT2D eigenvalue weighted by molar-refractivity contribution is 0.114. The number of hydrogen-bond acceptors (Lipinski definition) is 2. The van der Waals surface area contributed by atoms with Crippen molar-refractivity contribution in [2.75, 3.05) is 5.43 Å². The van der Waals surface area contributed by atoms with Gasteiger partial charge < -0.3 is 10.2 Å². The topological polar surface area (TPSA) is 26.2 Å².